The van der Waals surface area contributed by atoms with Crippen molar-refractivity contribution in [1.82, 2.24) is 10.2 Å². The van der Waals surface area contributed by atoms with Crippen LogP contribution < -0.4 is 5.32 Å². The van der Waals surface area contributed by atoms with E-state index in [9.17, 15) is 0 Å². The molecule has 0 amide bonds. The molecule has 0 radical (unpaired) electrons. The van der Waals surface area contributed by atoms with Crippen LogP contribution in [0.5, 0.6) is 0 Å². The first-order valence-corrected chi connectivity index (χ1v) is 5.09. The van der Waals surface area contributed by atoms with Crippen LogP contribution in [0.1, 0.15) is 32.9 Å². The minimum atomic E-state index is -0.610. The van der Waals surface area contributed by atoms with Crippen molar-refractivity contribution in [1.29, 1.82) is 5.26 Å². The Morgan fingerprint density at radius 1 is 1.40 bits per heavy atom. The third kappa shape index (κ3) is 3.55. The van der Waals surface area contributed by atoms with Gasteiger partial charge in [0.05, 0.1) is 11.8 Å². The summed E-state index contributed by atoms with van der Waals surface area (Å²) in [6.45, 7) is 5.70. The van der Waals surface area contributed by atoms with E-state index in [2.05, 4.69) is 28.5 Å². The molecule has 80 valence electrons. The van der Waals surface area contributed by atoms with Crippen LogP contribution >= 0.6 is 0 Å². The van der Waals surface area contributed by atoms with Crippen LogP contribution in [0.15, 0.2) is 12.1 Å². The van der Waals surface area contributed by atoms with Crippen molar-refractivity contribution in [2.75, 3.05) is 5.32 Å². The fourth-order valence-electron chi connectivity index (χ4n) is 1.16. The highest BCUT2D eigenvalue weighted by molar-refractivity contribution is 5.38. The SMILES string of the molecule is CCCc1ccc(NC(C)(C)C#N)nn1. The van der Waals surface area contributed by atoms with Gasteiger partial charge in [-0.3, -0.25) is 0 Å². The molecule has 0 spiro atoms. The lowest BCUT2D eigenvalue weighted by atomic mass is 10.1. The predicted molar refractivity (Wildman–Crippen MR) is 59.3 cm³/mol. The largest absolute Gasteiger partial charge is 0.351 e. The van der Waals surface area contributed by atoms with Crippen molar-refractivity contribution in [2.45, 2.75) is 39.2 Å². The molecule has 0 aliphatic heterocycles. The van der Waals surface area contributed by atoms with Crippen LogP contribution in [-0.4, -0.2) is 15.7 Å². The van der Waals surface area contributed by atoms with Crippen molar-refractivity contribution in [2.24, 2.45) is 0 Å². The van der Waals surface area contributed by atoms with Crippen LogP contribution in [-0.2, 0) is 6.42 Å². The highest BCUT2D eigenvalue weighted by atomic mass is 15.2. The smallest absolute Gasteiger partial charge is 0.149 e. The van der Waals surface area contributed by atoms with E-state index in [1.807, 2.05) is 12.1 Å². The number of rotatable bonds is 4. The Morgan fingerprint density at radius 2 is 2.13 bits per heavy atom. The van der Waals surface area contributed by atoms with Gasteiger partial charge in [0.2, 0.25) is 0 Å². The van der Waals surface area contributed by atoms with Gasteiger partial charge < -0.3 is 5.32 Å². The first-order valence-electron chi connectivity index (χ1n) is 5.09. The number of hydrogen-bond acceptors (Lipinski definition) is 4. The molecule has 0 aliphatic carbocycles. The van der Waals surface area contributed by atoms with Crippen molar-refractivity contribution < 1.29 is 0 Å². The fourth-order valence-corrected chi connectivity index (χ4v) is 1.16. The molecular formula is C11H16N4. The second kappa shape index (κ2) is 4.74. The van der Waals surface area contributed by atoms with Gasteiger partial charge in [-0.05, 0) is 32.4 Å². The molecule has 1 aromatic heterocycles. The molecule has 1 rings (SSSR count). The number of nitrogens with one attached hydrogen (secondary N) is 1. The van der Waals surface area contributed by atoms with Gasteiger partial charge in [0.25, 0.3) is 0 Å². The number of hydrogen-bond donors (Lipinski definition) is 1. The molecule has 4 nitrogen and oxygen atoms in total. The summed E-state index contributed by atoms with van der Waals surface area (Å²) in [7, 11) is 0. The molecule has 0 atom stereocenters. The van der Waals surface area contributed by atoms with Gasteiger partial charge >= 0.3 is 0 Å². The van der Waals surface area contributed by atoms with Crippen molar-refractivity contribution in [3.8, 4) is 6.07 Å². The van der Waals surface area contributed by atoms with Crippen LogP contribution in [0.2, 0.25) is 0 Å². The Balaban J connectivity index is 2.69. The van der Waals surface area contributed by atoms with Crippen LogP contribution in [0.3, 0.4) is 0 Å². The maximum Gasteiger partial charge on any atom is 0.149 e. The zero-order valence-electron chi connectivity index (χ0n) is 9.41. The fraction of sp³-hybridized carbons (Fsp3) is 0.545. The molecule has 0 bridgehead atoms. The summed E-state index contributed by atoms with van der Waals surface area (Å²) in [4.78, 5) is 0. The van der Waals surface area contributed by atoms with E-state index in [1.54, 1.807) is 13.8 Å². The second-order valence-electron chi connectivity index (χ2n) is 4.02. The molecule has 0 saturated carbocycles. The summed E-state index contributed by atoms with van der Waals surface area (Å²) in [5, 5.41) is 19.9. The van der Waals surface area contributed by atoms with Gasteiger partial charge in [0.15, 0.2) is 0 Å². The third-order valence-electron chi connectivity index (χ3n) is 1.95. The Kier molecular flexibility index (Phi) is 3.62. The normalized spacial score (nSPS) is 10.8. The molecule has 1 N–H and O–H groups in total. The zero-order chi connectivity index (χ0) is 11.3. The van der Waals surface area contributed by atoms with E-state index in [0.29, 0.717) is 5.82 Å². The summed E-state index contributed by atoms with van der Waals surface area (Å²) < 4.78 is 0. The highest BCUT2D eigenvalue weighted by Crippen LogP contribution is 2.11. The maximum absolute atomic E-state index is 8.83. The molecule has 0 aliphatic rings. The molecule has 0 fully saturated rings. The molecule has 1 heterocycles. The summed E-state index contributed by atoms with van der Waals surface area (Å²) in [5.74, 6) is 0.640. The minimum Gasteiger partial charge on any atom is -0.351 e. The molecule has 1 aromatic rings. The van der Waals surface area contributed by atoms with E-state index >= 15 is 0 Å². The van der Waals surface area contributed by atoms with E-state index in [-0.39, 0.29) is 0 Å². The molecule has 15 heavy (non-hydrogen) atoms. The van der Waals surface area contributed by atoms with E-state index in [4.69, 9.17) is 5.26 Å². The quantitative estimate of drug-likeness (QED) is 0.816. The Bertz CT molecular complexity index is 348. The monoisotopic (exact) mass is 204 g/mol. The lowest BCUT2D eigenvalue weighted by Crippen LogP contribution is -2.29. The molecule has 4 heteroatoms. The number of aromatic nitrogens is 2. The Labute approximate surface area is 90.3 Å². The molecule has 0 aromatic carbocycles. The predicted octanol–water partition coefficient (Wildman–Crippen LogP) is 2.14. The van der Waals surface area contributed by atoms with Gasteiger partial charge in [-0.15, -0.1) is 5.10 Å². The first-order chi connectivity index (χ1) is 7.07. The summed E-state index contributed by atoms with van der Waals surface area (Å²) in [5.41, 5.74) is 0.374. The lowest BCUT2D eigenvalue weighted by Gasteiger charge is -2.17. The first kappa shape index (κ1) is 11.4. The van der Waals surface area contributed by atoms with E-state index in [0.717, 1.165) is 18.5 Å². The lowest BCUT2D eigenvalue weighted by molar-refractivity contribution is 0.716. The van der Waals surface area contributed by atoms with Crippen LogP contribution in [0.4, 0.5) is 5.82 Å². The minimum absolute atomic E-state index is 0.610. The van der Waals surface area contributed by atoms with Crippen LogP contribution in [0, 0.1) is 11.3 Å². The summed E-state index contributed by atoms with van der Waals surface area (Å²) in [6, 6.07) is 5.95. The number of anilines is 1. The summed E-state index contributed by atoms with van der Waals surface area (Å²) >= 11 is 0. The van der Waals surface area contributed by atoms with Crippen LogP contribution in [0.25, 0.3) is 0 Å². The van der Waals surface area contributed by atoms with Gasteiger partial charge in [-0.2, -0.15) is 10.4 Å². The number of aryl methyl sites for hydroxylation is 1. The van der Waals surface area contributed by atoms with Crippen molar-refractivity contribution in [3.05, 3.63) is 17.8 Å². The van der Waals surface area contributed by atoms with Gasteiger partial charge in [0, 0.05) is 0 Å². The van der Waals surface area contributed by atoms with Gasteiger partial charge in [-0.25, -0.2) is 0 Å². The van der Waals surface area contributed by atoms with Crippen molar-refractivity contribution in [3.63, 3.8) is 0 Å². The van der Waals surface area contributed by atoms with E-state index < -0.39 is 5.54 Å². The average Bonchev–Trinajstić information content (AvgIpc) is 2.21. The molecule has 0 unspecified atom stereocenters. The Hall–Kier alpha value is -1.63. The standard InChI is InChI=1S/C11H16N4/c1-4-5-9-6-7-10(15-14-9)13-11(2,3)8-12/h6-7H,4-5H2,1-3H3,(H,13,15). The third-order valence-corrected chi connectivity index (χ3v) is 1.95. The topological polar surface area (TPSA) is 61.6 Å². The summed E-state index contributed by atoms with van der Waals surface area (Å²) in [6.07, 6.45) is 2.00. The highest BCUT2D eigenvalue weighted by Gasteiger charge is 2.16. The number of nitriles is 1. The molecule has 0 saturated heterocycles. The Morgan fingerprint density at radius 3 is 2.60 bits per heavy atom. The number of nitrogens with zero attached hydrogens (tertiary/aromatic N) is 3. The average molecular weight is 204 g/mol. The van der Waals surface area contributed by atoms with Gasteiger partial charge in [-0.1, -0.05) is 13.3 Å². The van der Waals surface area contributed by atoms with Crippen molar-refractivity contribution >= 4 is 5.82 Å². The second-order valence-corrected chi connectivity index (χ2v) is 4.02. The zero-order valence-corrected chi connectivity index (χ0v) is 9.41. The molecular weight excluding hydrogens is 188 g/mol. The van der Waals surface area contributed by atoms with E-state index in [1.165, 1.54) is 0 Å². The van der Waals surface area contributed by atoms with Gasteiger partial charge in [0.1, 0.15) is 11.4 Å². The maximum atomic E-state index is 8.83.